The number of hydrogen-bond donors (Lipinski definition) is 1. The van der Waals surface area contributed by atoms with Crippen LogP contribution in [0.5, 0.6) is 0 Å². The zero-order valence-corrected chi connectivity index (χ0v) is 15.9. The number of esters is 1. The molecule has 2 amide bonds. The molecule has 1 N–H and O–H groups in total. The molecule has 1 saturated heterocycles. The van der Waals surface area contributed by atoms with E-state index in [4.69, 9.17) is 0 Å². The number of likely N-dealkylation sites (tertiary alicyclic amines) is 1. The zero-order chi connectivity index (χ0) is 18.2. The molecule has 0 unspecified atom stereocenters. The predicted octanol–water partition coefficient (Wildman–Crippen LogP) is 2.37. The van der Waals surface area contributed by atoms with E-state index in [0.29, 0.717) is 50.9 Å². The summed E-state index contributed by atoms with van der Waals surface area (Å²) < 4.78 is 5.50. The van der Waals surface area contributed by atoms with Crippen LogP contribution < -0.4 is 5.32 Å². The molecule has 0 aromatic heterocycles. The molecule has 6 nitrogen and oxygen atoms in total. The van der Waals surface area contributed by atoms with Crippen LogP contribution in [-0.4, -0.2) is 49.4 Å². The molecular formula is C18H23BrN2O4. The number of nitrogens with one attached hydrogen (secondary N) is 1. The van der Waals surface area contributed by atoms with Crippen molar-refractivity contribution in [3.05, 3.63) is 34.3 Å². The fraction of sp³-hybridized carbons (Fsp3) is 0.500. The number of benzene rings is 1. The van der Waals surface area contributed by atoms with Crippen molar-refractivity contribution in [1.82, 2.24) is 10.2 Å². The van der Waals surface area contributed by atoms with Crippen LogP contribution in [0.2, 0.25) is 0 Å². The van der Waals surface area contributed by atoms with Crippen molar-refractivity contribution in [2.75, 3.05) is 26.7 Å². The Morgan fingerprint density at radius 3 is 2.44 bits per heavy atom. The number of carbonyl (C=O) groups excluding carboxylic acids is 3. The van der Waals surface area contributed by atoms with Crippen molar-refractivity contribution in [3.8, 4) is 0 Å². The minimum atomic E-state index is -0.269. The van der Waals surface area contributed by atoms with Crippen LogP contribution in [0.1, 0.15) is 36.0 Å². The third-order valence-corrected chi connectivity index (χ3v) is 4.86. The minimum absolute atomic E-state index is 0.000562. The van der Waals surface area contributed by atoms with Crippen LogP contribution in [-0.2, 0) is 14.3 Å². The van der Waals surface area contributed by atoms with Crippen LogP contribution in [0.4, 0.5) is 0 Å². The number of amides is 2. The van der Waals surface area contributed by atoms with Gasteiger partial charge >= 0.3 is 5.97 Å². The normalized spacial score (nSPS) is 14.9. The summed E-state index contributed by atoms with van der Waals surface area (Å²) in [5.41, 5.74) is 0.661. The van der Waals surface area contributed by atoms with Crippen molar-refractivity contribution in [2.24, 2.45) is 5.92 Å². The molecule has 1 heterocycles. The molecule has 25 heavy (non-hydrogen) atoms. The number of ether oxygens (including phenoxy) is 1. The lowest BCUT2D eigenvalue weighted by atomic mass is 9.95. The summed E-state index contributed by atoms with van der Waals surface area (Å²) in [6, 6.07) is 7.29. The number of halogens is 1. The average molecular weight is 411 g/mol. The second-order valence-corrected chi connectivity index (χ2v) is 6.96. The highest BCUT2D eigenvalue weighted by atomic mass is 79.9. The quantitative estimate of drug-likeness (QED) is 0.576. The first-order chi connectivity index (χ1) is 12.0. The van der Waals surface area contributed by atoms with Gasteiger partial charge in [-0.3, -0.25) is 14.4 Å². The van der Waals surface area contributed by atoms with Gasteiger partial charge in [-0.25, -0.2) is 0 Å². The van der Waals surface area contributed by atoms with Crippen molar-refractivity contribution in [2.45, 2.75) is 25.7 Å². The second kappa shape index (κ2) is 9.56. The molecular weight excluding hydrogens is 388 g/mol. The van der Waals surface area contributed by atoms with Crippen LogP contribution >= 0.6 is 15.9 Å². The van der Waals surface area contributed by atoms with Gasteiger partial charge in [0.05, 0.1) is 7.11 Å². The summed E-state index contributed by atoms with van der Waals surface area (Å²) in [6.45, 7) is 1.62. The lowest BCUT2D eigenvalue weighted by Crippen LogP contribution is -2.43. The van der Waals surface area contributed by atoms with Crippen LogP contribution in [0.15, 0.2) is 28.7 Å². The molecule has 0 atom stereocenters. The van der Waals surface area contributed by atoms with Gasteiger partial charge in [-0.05, 0) is 43.5 Å². The molecule has 0 saturated carbocycles. The molecule has 0 bridgehead atoms. The predicted molar refractivity (Wildman–Crippen MR) is 97.0 cm³/mol. The first-order valence-corrected chi connectivity index (χ1v) is 9.20. The zero-order valence-electron chi connectivity index (χ0n) is 14.3. The third kappa shape index (κ3) is 5.85. The van der Waals surface area contributed by atoms with E-state index in [9.17, 15) is 14.4 Å². The van der Waals surface area contributed by atoms with Crippen LogP contribution in [0.3, 0.4) is 0 Å². The molecule has 1 aliphatic heterocycles. The highest BCUT2D eigenvalue weighted by Gasteiger charge is 2.27. The maximum absolute atomic E-state index is 12.5. The van der Waals surface area contributed by atoms with Gasteiger partial charge in [-0.15, -0.1) is 0 Å². The SMILES string of the molecule is COC(=O)CCCNC(=O)C1CCN(C(=O)c2ccc(Br)cc2)CC1. The van der Waals surface area contributed by atoms with E-state index < -0.39 is 0 Å². The van der Waals surface area contributed by atoms with E-state index in [1.54, 1.807) is 17.0 Å². The van der Waals surface area contributed by atoms with E-state index in [1.807, 2.05) is 12.1 Å². The smallest absolute Gasteiger partial charge is 0.305 e. The number of piperidine rings is 1. The van der Waals surface area contributed by atoms with Gasteiger partial charge in [0.2, 0.25) is 5.91 Å². The Bertz CT molecular complexity index is 610. The van der Waals surface area contributed by atoms with Crippen LogP contribution in [0.25, 0.3) is 0 Å². The van der Waals surface area contributed by atoms with Gasteiger partial charge in [0.1, 0.15) is 0 Å². The number of rotatable bonds is 6. The van der Waals surface area contributed by atoms with E-state index in [0.717, 1.165) is 4.47 Å². The molecule has 7 heteroatoms. The van der Waals surface area contributed by atoms with E-state index in [1.165, 1.54) is 7.11 Å². The highest BCUT2D eigenvalue weighted by Crippen LogP contribution is 2.20. The van der Waals surface area contributed by atoms with Gasteiger partial charge in [-0.1, -0.05) is 15.9 Å². The Kier molecular flexibility index (Phi) is 7.43. The molecule has 0 radical (unpaired) electrons. The summed E-state index contributed by atoms with van der Waals surface area (Å²) in [4.78, 5) is 37.4. The van der Waals surface area contributed by atoms with Gasteiger partial charge in [0.25, 0.3) is 5.91 Å². The Morgan fingerprint density at radius 1 is 1.20 bits per heavy atom. The van der Waals surface area contributed by atoms with Crippen molar-refractivity contribution in [3.63, 3.8) is 0 Å². The van der Waals surface area contributed by atoms with Gasteiger partial charge in [-0.2, -0.15) is 0 Å². The summed E-state index contributed by atoms with van der Waals surface area (Å²) in [6.07, 6.45) is 2.19. The fourth-order valence-corrected chi connectivity index (χ4v) is 3.07. The third-order valence-electron chi connectivity index (χ3n) is 4.33. The van der Waals surface area contributed by atoms with Crippen molar-refractivity contribution >= 4 is 33.7 Å². The number of methoxy groups -OCH3 is 1. The number of hydrogen-bond acceptors (Lipinski definition) is 4. The first-order valence-electron chi connectivity index (χ1n) is 8.40. The molecule has 0 aliphatic carbocycles. The molecule has 136 valence electrons. The monoisotopic (exact) mass is 410 g/mol. The Morgan fingerprint density at radius 2 is 1.84 bits per heavy atom. The molecule has 2 rings (SSSR count). The van der Waals surface area contributed by atoms with Crippen molar-refractivity contribution in [1.29, 1.82) is 0 Å². The topological polar surface area (TPSA) is 75.7 Å². The maximum atomic E-state index is 12.5. The maximum Gasteiger partial charge on any atom is 0.305 e. The molecule has 1 aromatic carbocycles. The van der Waals surface area contributed by atoms with E-state index >= 15 is 0 Å². The summed E-state index contributed by atoms with van der Waals surface area (Å²) in [5.74, 6) is -0.342. The molecule has 1 aliphatic rings. The Balaban J connectivity index is 1.73. The fourth-order valence-electron chi connectivity index (χ4n) is 2.81. The van der Waals surface area contributed by atoms with E-state index in [-0.39, 0.29) is 23.7 Å². The lowest BCUT2D eigenvalue weighted by Gasteiger charge is -2.31. The minimum Gasteiger partial charge on any atom is -0.469 e. The standard InChI is InChI=1S/C18H23BrN2O4/c1-25-16(22)3-2-10-20-17(23)13-8-11-21(12-9-13)18(24)14-4-6-15(19)7-5-14/h4-7,13H,2-3,8-12H2,1H3,(H,20,23). The van der Waals surface area contributed by atoms with Gasteiger partial charge in [0.15, 0.2) is 0 Å². The lowest BCUT2D eigenvalue weighted by molar-refractivity contribution is -0.140. The largest absolute Gasteiger partial charge is 0.469 e. The Hall–Kier alpha value is -1.89. The average Bonchev–Trinajstić information content (AvgIpc) is 2.65. The first kappa shape index (κ1) is 19.4. The summed E-state index contributed by atoms with van der Waals surface area (Å²) in [7, 11) is 1.35. The number of nitrogens with zero attached hydrogens (tertiary/aromatic N) is 1. The second-order valence-electron chi connectivity index (χ2n) is 6.04. The highest BCUT2D eigenvalue weighted by molar-refractivity contribution is 9.10. The van der Waals surface area contributed by atoms with Crippen molar-refractivity contribution < 1.29 is 19.1 Å². The summed E-state index contributed by atoms with van der Waals surface area (Å²) >= 11 is 3.36. The van der Waals surface area contributed by atoms with Crippen LogP contribution in [0, 0.1) is 5.92 Å². The number of carbonyl (C=O) groups is 3. The molecule has 0 spiro atoms. The van der Waals surface area contributed by atoms with Gasteiger partial charge in [0, 0.05) is 42.0 Å². The molecule has 1 fully saturated rings. The van der Waals surface area contributed by atoms with Gasteiger partial charge < -0.3 is 15.0 Å². The summed E-state index contributed by atoms with van der Waals surface area (Å²) in [5, 5.41) is 2.86. The molecule has 1 aromatic rings. The Labute approximate surface area is 156 Å². The van der Waals surface area contributed by atoms with E-state index in [2.05, 4.69) is 26.0 Å².